The molecule has 29 heavy (non-hydrogen) atoms. The van der Waals surface area contributed by atoms with Gasteiger partial charge >= 0.3 is 0 Å². The second kappa shape index (κ2) is 11.1. The van der Waals surface area contributed by atoms with E-state index in [0.717, 1.165) is 36.1 Å². The zero-order valence-electron chi connectivity index (χ0n) is 17.6. The van der Waals surface area contributed by atoms with Crippen molar-refractivity contribution in [1.82, 2.24) is 10.9 Å². The third-order valence-corrected chi connectivity index (χ3v) is 4.59. The maximum Gasteiger partial charge on any atom is 0.279 e. The number of carbonyl (C=O) groups excluding carboxylic acids is 2. The van der Waals surface area contributed by atoms with Gasteiger partial charge in [-0.15, -0.1) is 0 Å². The van der Waals surface area contributed by atoms with Gasteiger partial charge in [-0.05, 0) is 74.7 Å². The number of rotatable bonds is 9. The van der Waals surface area contributed by atoms with Gasteiger partial charge in [0.25, 0.3) is 11.8 Å². The van der Waals surface area contributed by atoms with E-state index in [2.05, 4.69) is 17.8 Å². The fraction of sp³-hybridized carbons (Fsp3) is 0.391. The lowest BCUT2D eigenvalue weighted by Crippen LogP contribution is -2.47. The van der Waals surface area contributed by atoms with Crippen molar-refractivity contribution in [3.8, 4) is 11.5 Å². The van der Waals surface area contributed by atoms with Crippen LogP contribution in [0.2, 0.25) is 0 Å². The van der Waals surface area contributed by atoms with Gasteiger partial charge < -0.3 is 9.47 Å². The highest BCUT2D eigenvalue weighted by molar-refractivity contribution is 5.95. The lowest BCUT2D eigenvalue weighted by Gasteiger charge is -2.16. The Morgan fingerprint density at radius 2 is 1.62 bits per heavy atom. The van der Waals surface area contributed by atoms with E-state index in [1.807, 2.05) is 32.0 Å². The molecule has 2 rings (SSSR count). The molecule has 0 aliphatic carbocycles. The first-order chi connectivity index (χ1) is 13.9. The fourth-order valence-corrected chi connectivity index (χ4v) is 2.58. The molecule has 0 spiro atoms. The van der Waals surface area contributed by atoms with Crippen LogP contribution in [0.5, 0.6) is 11.5 Å². The molecule has 0 bridgehead atoms. The summed E-state index contributed by atoms with van der Waals surface area (Å²) in [6, 6.07) is 12.4. The molecule has 156 valence electrons. The number of carbonyl (C=O) groups is 2. The molecule has 6 heteroatoms. The topological polar surface area (TPSA) is 76.7 Å². The molecule has 0 aliphatic heterocycles. The van der Waals surface area contributed by atoms with Crippen molar-refractivity contribution in [1.29, 1.82) is 0 Å². The molecular weight excluding hydrogens is 368 g/mol. The number of unbranched alkanes of at least 4 members (excludes halogenated alkanes) is 2. The summed E-state index contributed by atoms with van der Waals surface area (Å²) in [6.45, 7) is 8.42. The van der Waals surface area contributed by atoms with Crippen LogP contribution in [-0.4, -0.2) is 24.5 Å². The molecule has 2 amide bonds. The first kappa shape index (κ1) is 22.3. The number of aryl methyl sites for hydroxylation is 2. The molecule has 1 unspecified atom stereocenters. The minimum Gasteiger partial charge on any atom is -0.494 e. The Morgan fingerprint density at radius 3 is 2.28 bits per heavy atom. The zero-order valence-corrected chi connectivity index (χ0v) is 17.6. The van der Waals surface area contributed by atoms with Crippen molar-refractivity contribution in [2.45, 2.75) is 53.1 Å². The summed E-state index contributed by atoms with van der Waals surface area (Å²) in [5.41, 5.74) is 7.46. The van der Waals surface area contributed by atoms with Gasteiger partial charge in [0, 0.05) is 5.56 Å². The van der Waals surface area contributed by atoms with E-state index in [-0.39, 0.29) is 0 Å². The number of nitrogens with one attached hydrogen (secondary N) is 2. The molecule has 0 aliphatic rings. The van der Waals surface area contributed by atoms with Crippen LogP contribution in [0.3, 0.4) is 0 Å². The lowest BCUT2D eigenvalue weighted by atomic mass is 10.1. The minimum atomic E-state index is -0.753. The van der Waals surface area contributed by atoms with Crippen molar-refractivity contribution in [2.24, 2.45) is 0 Å². The number of hydrazine groups is 1. The van der Waals surface area contributed by atoms with Gasteiger partial charge in [-0.2, -0.15) is 0 Å². The van der Waals surface area contributed by atoms with Crippen LogP contribution in [-0.2, 0) is 4.79 Å². The van der Waals surface area contributed by atoms with Gasteiger partial charge in [-0.25, -0.2) is 0 Å². The quantitative estimate of drug-likeness (QED) is 0.492. The van der Waals surface area contributed by atoms with Crippen LogP contribution in [0.25, 0.3) is 0 Å². The monoisotopic (exact) mass is 398 g/mol. The normalized spacial score (nSPS) is 11.4. The largest absolute Gasteiger partial charge is 0.494 e. The number of hydrogen-bond acceptors (Lipinski definition) is 4. The Hall–Kier alpha value is -3.02. The van der Waals surface area contributed by atoms with Crippen molar-refractivity contribution < 1.29 is 19.1 Å². The van der Waals surface area contributed by atoms with Crippen molar-refractivity contribution >= 4 is 11.8 Å². The molecular formula is C23H30N2O4. The number of hydrogen-bond donors (Lipinski definition) is 2. The highest BCUT2D eigenvalue weighted by Crippen LogP contribution is 2.17. The molecule has 6 nitrogen and oxygen atoms in total. The highest BCUT2D eigenvalue weighted by Gasteiger charge is 2.16. The van der Waals surface area contributed by atoms with Crippen molar-refractivity contribution in [2.75, 3.05) is 6.61 Å². The summed E-state index contributed by atoms with van der Waals surface area (Å²) in [5.74, 6) is 0.482. The first-order valence-corrected chi connectivity index (χ1v) is 9.97. The van der Waals surface area contributed by atoms with Crippen LogP contribution in [0, 0.1) is 13.8 Å². The van der Waals surface area contributed by atoms with E-state index in [4.69, 9.17) is 9.47 Å². The van der Waals surface area contributed by atoms with E-state index in [1.54, 1.807) is 31.2 Å². The van der Waals surface area contributed by atoms with Crippen molar-refractivity contribution in [3.05, 3.63) is 59.2 Å². The van der Waals surface area contributed by atoms with Crippen LogP contribution in [0.4, 0.5) is 0 Å². The molecule has 0 heterocycles. The minimum absolute atomic E-state index is 0.408. The highest BCUT2D eigenvalue weighted by atomic mass is 16.5. The maximum absolute atomic E-state index is 12.2. The fourth-order valence-electron chi connectivity index (χ4n) is 2.58. The summed E-state index contributed by atoms with van der Waals surface area (Å²) in [5, 5.41) is 0. The van der Waals surface area contributed by atoms with Crippen molar-refractivity contribution in [3.63, 3.8) is 0 Å². The summed E-state index contributed by atoms with van der Waals surface area (Å²) >= 11 is 0. The third-order valence-electron chi connectivity index (χ3n) is 4.59. The Balaban J connectivity index is 1.79. The summed E-state index contributed by atoms with van der Waals surface area (Å²) in [6.07, 6.45) is 2.53. The van der Waals surface area contributed by atoms with E-state index in [9.17, 15) is 9.59 Å². The number of ether oxygens (including phenoxy) is 2. The Morgan fingerprint density at radius 1 is 0.931 bits per heavy atom. The molecule has 2 aromatic carbocycles. The summed E-state index contributed by atoms with van der Waals surface area (Å²) in [4.78, 5) is 24.4. The average molecular weight is 399 g/mol. The van der Waals surface area contributed by atoms with E-state index in [0.29, 0.717) is 17.9 Å². The molecule has 0 radical (unpaired) electrons. The molecule has 2 aromatic rings. The average Bonchev–Trinajstić information content (AvgIpc) is 2.72. The van der Waals surface area contributed by atoms with Gasteiger partial charge in [0.2, 0.25) is 0 Å². The number of benzene rings is 2. The van der Waals surface area contributed by atoms with E-state index >= 15 is 0 Å². The molecule has 1 atom stereocenters. The Kier molecular flexibility index (Phi) is 8.52. The van der Waals surface area contributed by atoms with Gasteiger partial charge in [-0.1, -0.05) is 25.8 Å². The SMILES string of the molecule is CCCCCOc1ccc(C(=O)NNC(=O)C(C)Oc2ccc(C)c(C)c2)cc1. The van der Waals surface area contributed by atoms with E-state index < -0.39 is 17.9 Å². The van der Waals surface area contributed by atoms with Gasteiger partial charge in [0.1, 0.15) is 11.5 Å². The Labute approximate surface area is 172 Å². The first-order valence-electron chi connectivity index (χ1n) is 9.97. The van der Waals surface area contributed by atoms with Gasteiger partial charge in [0.05, 0.1) is 6.61 Å². The third kappa shape index (κ3) is 7.14. The maximum atomic E-state index is 12.2. The van der Waals surface area contributed by atoms with Crippen LogP contribution < -0.4 is 20.3 Å². The van der Waals surface area contributed by atoms with Gasteiger partial charge in [0.15, 0.2) is 6.10 Å². The Bertz CT molecular complexity index is 818. The zero-order chi connectivity index (χ0) is 21.2. The standard InChI is InChI=1S/C23H30N2O4/c1-5-6-7-14-28-20-12-9-19(10-13-20)23(27)25-24-22(26)18(4)29-21-11-8-16(2)17(3)15-21/h8-13,15,18H,5-7,14H2,1-4H3,(H,24,26)(H,25,27). The lowest BCUT2D eigenvalue weighted by molar-refractivity contribution is -0.128. The second-order valence-electron chi connectivity index (χ2n) is 7.03. The predicted molar refractivity (Wildman–Crippen MR) is 113 cm³/mol. The van der Waals surface area contributed by atoms with Crippen LogP contribution >= 0.6 is 0 Å². The molecule has 0 fully saturated rings. The molecule has 0 saturated carbocycles. The molecule has 2 N–H and O–H groups in total. The summed E-state index contributed by atoms with van der Waals surface area (Å²) < 4.78 is 11.3. The van der Waals surface area contributed by atoms with E-state index in [1.165, 1.54) is 0 Å². The smallest absolute Gasteiger partial charge is 0.279 e. The molecule has 0 saturated heterocycles. The predicted octanol–water partition coefficient (Wildman–Crippen LogP) is 4.10. The second-order valence-corrected chi connectivity index (χ2v) is 7.03. The molecule has 0 aromatic heterocycles. The van der Waals surface area contributed by atoms with Gasteiger partial charge in [-0.3, -0.25) is 20.4 Å². The van der Waals surface area contributed by atoms with Crippen LogP contribution in [0.1, 0.15) is 54.6 Å². The number of amides is 2. The van der Waals surface area contributed by atoms with Crippen LogP contribution in [0.15, 0.2) is 42.5 Å². The summed E-state index contributed by atoms with van der Waals surface area (Å²) in [7, 11) is 0.